The lowest BCUT2D eigenvalue weighted by atomic mass is 10.1. The van der Waals surface area contributed by atoms with Crippen LogP contribution in [-0.4, -0.2) is 66.2 Å². The largest absolute Gasteiger partial charge is 0.444 e. The van der Waals surface area contributed by atoms with Crippen molar-refractivity contribution in [2.75, 3.05) is 32.7 Å². The Bertz CT molecular complexity index is 372. The minimum Gasteiger partial charge on any atom is -0.444 e. The average Bonchev–Trinajstić information content (AvgIpc) is 2.89. The van der Waals surface area contributed by atoms with Crippen molar-refractivity contribution in [2.45, 2.75) is 45.3 Å². The lowest BCUT2D eigenvalue weighted by Crippen LogP contribution is -2.60. The van der Waals surface area contributed by atoms with Gasteiger partial charge in [0.05, 0.1) is 0 Å². The third kappa shape index (κ3) is 3.62. The van der Waals surface area contributed by atoms with Gasteiger partial charge in [-0.3, -0.25) is 9.69 Å². The maximum Gasteiger partial charge on any atom is 0.411 e. The van der Waals surface area contributed by atoms with Crippen molar-refractivity contribution in [3.05, 3.63) is 0 Å². The number of rotatable bonds is 1. The Hall–Kier alpha value is -1.30. The highest BCUT2D eigenvalue weighted by Crippen LogP contribution is 2.17. The summed E-state index contributed by atoms with van der Waals surface area (Å²) in [6.45, 7) is 8.84. The van der Waals surface area contributed by atoms with Crippen molar-refractivity contribution < 1.29 is 14.3 Å². The molecule has 0 aromatic rings. The second kappa shape index (κ2) is 5.99. The molecule has 0 aromatic carbocycles. The van der Waals surface area contributed by atoms with Crippen LogP contribution in [0.25, 0.3) is 0 Å². The number of carbonyl (C=O) groups is 2. The summed E-state index contributed by atoms with van der Waals surface area (Å²) >= 11 is 0. The van der Waals surface area contributed by atoms with Crippen molar-refractivity contribution in [3.8, 4) is 0 Å². The first-order valence-corrected chi connectivity index (χ1v) is 7.37. The molecule has 2 saturated heterocycles. The molecule has 1 atom stereocenters. The van der Waals surface area contributed by atoms with E-state index in [1.54, 1.807) is 4.90 Å². The predicted molar refractivity (Wildman–Crippen MR) is 75.4 cm³/mol. The van der Waals surface area contributed by atoms with Gasteiger partial charge in [-0.25, -0.2) is 4.79 Å². The van der Waals surface area contributed by atoms with Gasteiger partial charge in [0.25, 0.3) is 0 Å². The summed E-state index contributed by atoms with van der Waals surface area (Å²) in [6, 6.07) is -0.434. The summed E-state index contributed by atoms with van der Waals surface area (Å²) in [7, 11) is 0. The van der Waals surface area contributed by atoms with Crippen LogP contribution in [0.2, 0.25) is 0 Å². The first-order valence-electron chi connectivity index (χ1n) is 7.37. The molecule has 0 spiro atoms. The minimum absolute atomic E-state index is 0.0422. The summed E-state index contributed by atoms with van der Waals surface area (Å²) in [5.41, 5.74) is -0.538. The van der Waals surface area contributed by atoms with Gasteiger partial charge < -0.3 is 15.0 Å². The van der Waals surface area contributed by atoms with Crippen LogP contribution in [0.3, 0.4) is 0 Å². The zero-order valence-electron chi connectivity index (χ0n) is 12.6. The molecule has 0 bridgehead atoms. The molecule has 2 aliphatic rings. The molecule has 6 heteroatoms. The molecule has 1 unspecified atom stereocenters. The smallest absolute Gasteiger partial charge is 0.411 e. The number of nitrogens with one attached hydrogen (secondary N) is 1. The van der Waals surface area contributed by atoms with Crippen LogP contribution in [0.15, 0.2) is 0 Å². The minimum atomic E-state index is -0.538. The summed E-state index contributed by atoms with van der Waals surface area (Å²) < 4.78 is 5.41. The number of piperazine rings is 1. The van der Waals surface area contributed by atoms with Gasteiger partial charge in [-0.1, -0.05) is 0 Å². The fourth-order valence-electron chi connectivity index (χ4n) is 2.61. The van der Waals surface area contributed by atoms with Crippen molar-refractivity contribution in [1.82, 2.24) is 15.1 Å². The second-order valence-corrected chi connectivity index (χ2v) is 6.43. The molecule has 0 saturated carbocycles. The molecular formula is C14H25N3O3. The highest BCUT2D eigenvalue weighted by atomic mass is 16.6. The molecule has 0 aliphatic carbocycles. The summed E-state index contributed by atoms with van der Waals surface area (Å²) in [4.78, 5) is 28.2. The van der Waals surface area contributed by atoms with E-state index in [4.69, 9.17) is 4.74 Å². The molecule has 2 fully saturated rings. The first-order chi connectivity index (χ1) is 9.38. The standard InChI is InChI=1S/C14H25N3O3/c1-14(2,3)20-13(19)17-9-6-15-10-11(17)12(18)16-7-4-5-8-16/h11,15H,4-10H2,1-3H3. The van der Waals surface area contributed by atoms with Gasteiger partial charge in [0.2, 0.25) is 5.91 Å². The number of ether oxygens (including phenoxy) is 1. The van der Waals surface area contributed by atoms with Crippen LogP contribution in [0.4, 0.5) is 4.79 Å². The van der Waals surface area contributed by atoms with Crippen LogP contribution in [0.5, 0.6) is 0 Å². The van der Waals surface area contributed by atoms with Gasteiger partial charge in [0, 0.05) is 32.7 Å². The molecule has 6 nitrogen and oxygen atoms in total. The van der Waals surface area contributed by atoms with Crippen molar-refractivity contribution >= 4 is 12.0 Å². The average molecular weight is 283 g/mol. The van der Waals surface area contributed by atoms with Gasteiger partial charge in [0.1, 0.15) is 11.6 Å². The normalized spacial score (nSPS) is 23.9. The fourth-order valence-corrected chi connectivity index (χ4v) is 2.61. The van der Waals surface area contributed by atoms with Gasteiger partial charge in [-0.05, 0) is 33.6 Å². The van der Waals surface area contributed by atoms with Gasteiger partial charge >= 0.3 is 6.09 Å². The number of amides is 2. The second-order valence-electron chi connectivity index (χ2n) is 6.43. The van der Waals surface area contributed by atoms with Crippen LogP contribution in [0, 0.1) is 0 Å². The molecule has 1 N–H and O–H groups in total. The summed E-state index contributed by atoms with van der Waals surface area (Å²) in [5, 5.41) is 3.19. The van der Waals surface area contributed by atoms with Crippen LogP contribution >= 0.6 is 0 Å². The monoisotopic (exact) mass is 283 g/mol. The third-order valence-corrected chi connectivity index (χ3v) is 3.57. The molecule has 2 amide bonds. The summed E-state index contributed by atoms with van der Waals surface area (Å²) in [6.07, 6.45) is 1.72. The van der Waals surface area contributed by atoms with Crippen molar-refractivity contribution in [2.24, 2.45) is 0 Å². The number of likely N-dealkylation sites (tertiary alicyclic amines) is 1. The maximum absolute atomic E-state index is 12.5. The van der Waals surface area contributed by atoms with Crippen LogP contribution in [0.1, 0.15) is 33.6 Å². The number of nitrogens with zero attached hydrogens (tertiary/aromatic N) is 2. The van der Waals surface area contributed by atoms with E-state index in [-0.39, 0.29) is 5.91 Å². The van der Waals surface area contributed by atoms with Crippen LogP contribution in [-0.2, 0) is 9.53 Å². The number of hydrogen-bond donors (Lipinski definition) is 1. The van der Waals surface area contributed by atoms with Gasteiger partial charge in [0.15, 0.2) is 0 Å². The zero-order valence-corrected chi connectivity index (χ0v) is 12.6. The lowest BCUT2D eigenvalue weighted by molar-refractivity contribution is -0.136. The topological polar surface area (TPSA) is 61.9 Å². The van der Waals surface area contributed by atoms with Crippen molar-refractivity contribution in [3.63, 3.8) is 0 Å². The zero-order chi connectivity index (χ0) is 14.8. The van der Waals surface area contributed by atoms with E-state index in [2.05, 4.69) is 5.32 Å². The van der Waals surface area contributed by atoms with E-state index in [1.807, 2.05) is 25.7 Å². The first kappa shape index (κ1) is 15.1. The molecule has 2 rings (SSSR count). The highest BCUT2D eigenvalue weighted by Gasteiger charge is 2.37. The highest BCUT2D eigenvalue weighted by molar-refractivity contribution is 5.86. The summed E-state index contributed by atoms with van der Waals surface area (Å²) in [5.74, 6) is 0.0422. The Kier molecular flexibility index (Phi) is 4.52. The Labute approximate surface area is 120 Å². The molecule has 114 valence electrons. The Morgan fingerprint density at radius 3 is 2.40 bits per heavy atom. The quantitative estimate of drug-likeness (QED) is 0.774. The van der Waals surface area contributed by atoms with E-state index in [1.165, 1.54) is 0 Å². The number of carbonyl (C=O) groups excluding carboxylic acids is 2. The molecule has 2 aliphatic heterocycles. The van der Waals surface area contributed by atoms with E-state index in [0.717, 1.165) is 25.9 Å². The van der Waals surface area contributed by atoms with Crippen molar-refractivity contribution in [1.29, 1.82) is 0 Å². The predicted octanol–water partition coefficient (Wildman–Crippen LogP) is 0.818. The SMILES string of the molecule is CC(C)(C)OC(=O)N1CCNCC1C(=O)N1CCCC1. The van der Waals surface area contributed by atoms with Gasteiger partial charge in [-0.2, -0.15) is 0 Å². The Balaban J connectivity index is 2.04. The number of hydrogen-bond acceptors (Lipinski definition) is 4. The Morgan fingerprint density at radius 1 is 1.15 bits per heavy atom. The van der Waals surface area contributed by atoms with E-state index >= 15 is 0 Å². The van der Waals surface area contributed by atoms with Gasteiger partial charge in [-0.15, -0.1) is 0 Å². The molecule has 20 heavy (non-hydrogen) atoms. The molecule has 2 heterocycles. The van der Waals surface area contributed by atoms with E-state index in [0.29, 0.717) is 19.6 Å². The van der Waals surface area contributed by atoms with Crippen LogP contribution < -0.4 is 5.32 Å². The fraction of sp³-hybridized carbons (Fsp3) is 0.857. The van der Waals surface area contributed by atoms with E-state index in [9.17, 15) is 9.59 Å². The van der Waals surface area contributed by atoms with E-state index < -0.39 is 17.7 Å². The lowest BCUT2D eigenvalue weighted by Gasteiger charge is -2.37. The Morgan fingerprint density at radius 2 is 1.80 bits per heavy atom. The molecular weight excluding hydrogens is 258 g/mol. The third-order valence-electron chi connectivity index (χ3n) is 3.57. The maximum atomic E-state index is 12.5. The molecule has 0 aromatic heterocycles. The molecule has 0 radical (unpaired) electrons.